The Hall–Kier alpha value is -2.40. The van der Waals surface area contributed by atoms with Crippen molar-refractivity contribution in [2.24, 2.45) is 0 Å². The van der Waals surface area contributed by atoms with Crippen molar-refractivity contribution < 1.29 is 14.6 Å². The lowest BCUT2D eigenvalue weighted by Gasteiger charge is -2.10. The van der Waals surface area contributed by atoms with Crippen LogP contribution in [-0.4, -0.2) is 17.9 Å². The predicted molar refractivity (Wildman–Crippen MR) is 81.9 cm³/mol. The van der Waals surface area contributed by atoms with E-state index in [-0.39, 0.29) is 12.5 Å². The van der Waals surface area contributed by atoms with Crippen LogP contribution in [0.1, 0.15) is 5.56 Å². The van der Waals surface area contributed by atoms with Crippen molar-refractivity contribution >= 4 is 23.3 Å². The number of hydrogen-bond acceptors (Lipinski definition) is 3. The zero-order valence-corrected chi connectivity index (χ0v) is 12.1. The Bertz CT molecular complexity index is 629. The number of rotatable bonds is 4. The predicted octanol–water partition coefficient (Wildman–Crippen LogP) is 3.51. The topological polar surface area (TPSA) is 70.6 Å². The standard InChI is InChI=1S/C15H15ClN2O3/c1-10-2-7-13(14(19)8-10)18-15(20)17-9-21-12-5-3-11(16)4-6-12/h2-8,19H,9H2,1H3,(H2,17,18,20). The Morgan fingerprint density at radius 3 is 2.62 bits per heavy atom. The number of amides is 2. The van der Waals surface area contributed by atoms with Gasteiger partial charge in [-0.25, -0.2) is 4.79 Å². The molecular formula is C15H15ClN2O3. The van der Waals surface area contributed by atoms with Gasteiger partial charge in [-0.3, -0.25) is 0 Å². The van der Waals surface area contributed by atoms with Gasteiger partial charge < -0.3 is 20.5 Å². The highest BCUT2D eigenvalue weighted by molar-refractivity contribution is 6.30. The number of halogens is 1. The molecule has 0 aliphatic rings. The van der Waals surface area contributed by atoms with E-state index < -0.39 is 6.03 Å². The number of benzene rings is 2. The van der Waals surface area contributed by atoms with Gasteiger partial charge in [-0.2, -0.15) is 0 Å². The smallest absolute Gasteiger partial charge is 0.321 e. The lowest BCUT2D eigenvalue weighted by Crippen LogP contribution is -2.32. The molecule has 21 heavy (non-hydrogen) atoms. The number of aryl methyl sites for hydroxylation is 1. The summed E-state index contributed by atoms with van der Waals surface area (Å²) >= 11 is 5.75. The van der Waals surface area contributed by atoms with Crippen LogP contribution in [0.25, 0.3) is 0 Å². The number of aromatic hydroxyl groups is 1. The third-order valence-electron chi connectivity index (χ3n) is 2.69. The molecule has 2 aromatic rings. The Balaban J connectivity index is 1.81. The summed E-state index contributed by atoms with van der Waals surface area (Å²) in [7, 11) is 0. The molecule has 0 aromatic heterocycles. The largest absolute Gasteiger partial charge is 0.506 e. The summed E-state index contributed by atoms with van der Waals surface area (Å²) < 4.78 is 5.33. The summed E-state index contributed by atoms with van der Waals surface area (Å²) in [6.45, 7) is 1.85. The molecule has 0 saturated heterocycles. The molecule has 0 unspecified atom stereocenters. The Kier molecular flexibility index (Phi) is 4.90. The Labute approximate surface area is 127 Å². The molecule has 5 nitrogen and oxygen atoms in total. The lowest BCUT2D eigenvalue weighted by molar-refractivity contribution is 0.234. The highest BCUT2D eigenvalue weighted by Gasteiger charge is 2.05. The lowest BCUT2D eigenvalue weighted by atomic mass is 10.2. The normalized spacial score (nSPS) is 10.0. The molecule has 0 saturated carbocycles. The maximum Gasteiger partial charge on any atom is 0.321 e. The highest BCUT2D eigenvalue weighted by Crippen LogP contribution is 2.23. The second-order valence-electron chi connectivity index (χ2n) is 4.39. The van der Waals surface area contributed by atoms with E-state index in [9.17, 15) is 9.90 Å². The molecule has 0 fully saturated rings. The summed E-state index contributed by atoms with van der Waals surface area (Å²) in [5.74, 6) is 0.613. The van der Waals surface area contributed by atoms with Gasteiger partial charge >= 0.3 is 6.03 Å². The summed E-state index contributed by atoms with van der Waals surface area (Å²) in [4.78, 5) is 11.7. The minimum absolute atomic E-state index is 0.0000883. The average Bonchev–Trinajstić information content (AvgIpc) is 2.44. The monoisotopic (exact) mass is 306 g/mol. The second-order valence-corrected chi connectivity index (χ2v) is 4.83. The van der Waals surface area contributed by atoms with Gasteiger partial charge in [-0.1, -0.05) is 17.7 Å². The van der Waals surface area contributed by atoms with Gasteiger partial charge in [0.2, 0.25) is 0 Å². The molecular weight excluding hydrogens is 292 g/mol. The third kappa shape index (κ3) is 4.57. The van der Waals surface area contributed by atoms with Gasteiger partial charge in [0.05, 0.1) is 5.69 Å². The van der Waals surface area contributed by atoms with Gasteiger partial charge in [0.1, 0.15) is 11.5 Å². The molecule has 0 aliphatic heterocycles. The van der Waals surface area contributed by atoms with Gasteiger partial charge in [-0.15, -0.1) is 0 Å². The third-order valence-corrected chi connectivity index (χ3v) is 2.94. The maximum atomic E-state index is 11.7. The van der Waals surface area contributed by atoms with Crippen LogP contribution in [0.3, 0.4) is 0 Å². The summed E-state index contributed by atoms with van der Waals surface area (Å²) in [5, 5.41) is 15.3. The first-order chi connectivity index (χ1) is 10.0. The molecule has 6 heteroatoms. The average molecular weight is 307 g/mol. The summed E-state index contributed by atoms with van der Waals surface area (Å²) in [6.07, 6.45) is 0. The zero-order valence-electron chi connectivity index (χ0n) is 11.4. The van der Waals surface area contributed by atoms with Crippen molar-refractivity contribution in [2.75, 3.05) is 12.0 Å². The van der Waals surface area contributed by atoms with Crippen LogP contribution in [0.5, 0.6) is 11.5 Å². The number of phenolic OH excluding ortho intramolecular Hbond substituents is 1. The van der Waals surface area contributed by atoms with E-state index in [0.29, 0.717) is 16.5 Å². The summed E-state index contributed by atoms with van der Waals surface area (Å²) in [6, 6.07) is 11.3. The quantitative estimate of drug-likeness (QED) is 0.598. The van der Waals surface area contributed by atoms with Crippen molar-refractivity contribution in [1.29, 1.82) is 0 Å². The number of anilines is 1. The first-order valence-corrected chi connectivity index (χ1v) is 6.65. The molecule has 2 rings (SSSR count). The molecule has 2 aromatic carbocycles. The minimum Gasteiger partial charge on any atom is -0.506 e. The molecule has 2 amide bonds. The molecule has 0 spiro atoms. The Morgan fingerprint density at radius 1 is 1.24 bits per heavy atom. The molecule has 0 heterocycles. The van der Waals surface area contributed by atoms with E-state index in [4.69, 9.17) is 16.3 Å². The van der Waals surface area contributed by atoms with Crippen LogP contribution in [0.2, 0.25) is 5.02 Å². The molecule has 0 aliphatic carbocycles. The number of ether oxygens (including phenoxy) is 1. The van der Waals surface area contributed by atoms with Crippen molar-refractivity contribution in [2.45, 2.75) is 6.92 Å². The first-order valence-electron chi connectivity index (χ1n) is 6.27. The summed E-state index contributed by atoms with van der Waals surface area (Å²) in [5.41, 5.74) is 1.24. The SMILES string of the molecule is Cc1ccc(NC(=O)NCOc2ccc(Cl)cc2)c(O)c1. The van der Waals surface area contributed by atoms with Crippen LogP contribution in [-0.2, 0) is 0 Å². The molecule has 0 radical (unpaired) electrons. The van der Waals surface area contributed by atoms with Crippen molar-refractivity contribution in [3.8, 4) is 11.5 Å². The molecule has 110 valence electrons. The number of carbonyl (C=O) groups is 1. The van der Waals surface area contributed by atoms with E-state index in [1.54, 1.807) is 42.5 Å². The fourth-order valence-corrected chi connectivity index (χ4v) is 1.76. The van der Waals surface area contributed by atoms with Gasteiger partial charge in [0.25, 0.3) is 0 Å². The van der Waals surface area contributed by atoms with Crippen LogP contribution in [0.4, 0.5) is 10.5 Å². The maximum absolute atomic E-state index is 11.7. The number of carbonyl (C=O) groups excluding carboxylic acids is 1. The fraction of sp³-hybridized carbons (Fsp3) is 0.133. The van der Waals surface area contributed by atoms with Crippen molar-refractivity contribution in [1.82, 2.24) is 5.32 Å². The number of urea groups is 1. The van der Waals surface area contributed by atoms with E-state index >= 15 is 0 Å². The van der Waals surface area contributed by atoms with Crippen LogP contribution in [0, 0.1) is 6.92 Å². The fourth-order valence-electron chi connectivity index (χ4n) is 1.63. The molecule has 0 atom stereocenters. The van der Waals surface area contributed by atoms with Crippen LogP contribution in [0.15, 0.2) is 42.5 Å². The van der Waals surface area contributed by atoms with E-state index in [0.717, 1.165) is 5.56 Å². The van der Waals surface area contributed by atoms with Crippen molar-refractivity contribution in [3.63, 3.8) is 0 Å². The highest BCUT2D eigenvalue weighted by atomic mass is 35.5. The van der Waals surface area contributed by atoms with Crippen LogP contribution < -0.4 is 15.4 Å². The first kappa shape index (κ1) is 15.0. The minimum atomic E-state index is -0.469. The van der Waals surface area contributed by atoms with Gasteiger partial charge in [0, 0.05) is 5.02 Å². The van der Waals surface area contributed by atoms with E-state index in [1.165, 1.54) is 0 Å². The number of hydrogen-bond donors (Lipinski definition) is 3. The van der Waals surface area contributed by atoms with Crippen LogP contribution >= 0.6 is 11.6 Å². The second kappa shape index (κ2) is 6.85. The van der Waals surface area contributed by atoms with Gasteiger partial charge in [0.15, 0.2) is 6.73 Å². The Morgan fingerprint density at radius 2 is 1.95 bits per heavy atom. The van der Waals surface area contributed by atoms with Crippen molar-refractivity contribution in [3.05, 3.63) is 53.1 Å². The van der Waals surface area contributed by atoms with E-state index in [1.807, 2.05) is 6.92 Å². The number of phenols is 1. The van der Waals surface area contributed by atoms with E-state index in [2.05, 4.69) is 10.6 Å². The number of nitrogens with one attached hydrogen (secondary N) is 2. The molecule has 3 N–H and O–H groups in total. The van der Waals surface area contributed by atoms with Gasteiger partial charge in [-0.05, 0) is 48.9 Å². The zero-order chi connectivity index (χ0) is 15.2. The molecule has 0 bridgehead atoms.